The Bertz CT molecular complexity index is 512. The Morgan fingerprint density at radius 1 is 1.33 bits per heavy atom. The van der Waals surface area contributed by atoms with Crippen molar-refractivity contribution in [2.24, 2.45) is 5.92 Å². The smallest absolute Gasteiger partial charge is 0.124 e. The van der Waals surface area contributed by atoms with Crippen LogP contribution in [0.5, 0.6) is 0 Å². The molecule has 21 heavy (non-hydrogen) atoms. The highest BCUT2D eigenvalue weighted by atomic mass is 127. The van der Waals surface area contributed by atoms with Crippen molar-refractivity contribution >= 4 is 28.3 Å². The molecule has 1 atom stereocenters. The molecule has 116 valence electrons. The standard InChI is InChI=1S/C17H24FIN2/c1-12(2)16-10-20-17(7-3-4-8-17)11-21(16)15-6-5-13(18)9-14(15)19/h5-6,9,12,16,20H,3-4,7-8,10-11H2,1-2H3. The highest BCUT2D eigenvalue weighted by molar-refractivity contribution is 14.1. The van der Waals surface area contributed by atoms with Crippen LogP contribution in [0.2, 0.25) is 0 Å². The van der Waals surface area contributed by atoms with Gasteiger partial charge in [0.05, 0.1) is 5.69 Å². The van der Waals surface area contributed by atoms with E-state index in [0.717, 1.165) is 16.7 Å². The molecule has 1 aromatic rings. The minimum atomic E-state index is -0.144. The summed E-state index contributed by atoms with van der Waals surface area (Å²) in [4.78, 5) is 2.54. The van der Waals surface area contributed by atoms with Gasteiger partial charge in [-0.15, -0.1) is 0 Å². The lowest BCUT2D eigenvalue weighted by molar-refractivity contribution is 0.245. The average molecular weight is 402 g/mol. The summed E-state index contributed by atoms with van der Waals surface area (Å²) < 4.78 is 14.5. The molecule has 3 rings (SSSR count). The van der Waals surface area contributed by atoms with Crippen LogP contribution in [0.25, 0.3) is 0 Å². The first-order valence-corrected chi connectivity index (χ1v) is 9.05. The zero-order chi connectivity index (χ0) is 15.0. The molecule has 1 heterocycles. The second-order valence-electron chi connectivity index (χ2n) is 6.90. The molecule has 0 radical (unpaired) electrons. The summed E-state index contributed by atoms with van der Waals surface area (Å²) in [7, 11) is 0. The van der Waals surface area contributed by atoms with Crippen LogP contribution in [0.3, 0.4) is 0 Å². The monoisotopic (exact) mass is 402 g/mol. The highest BCUT2D eigenvalue weighted by Gasteiger charge is 2.42. The molecule has 2 aliphatic rings. The first-order chi connectivity index (χ1) is 10.0. The Kier molecular flexibility index (Phi) is 4.46. The minimum Gasteiger partial charge on any atom is -0.364 e. The van der Waals surface area contributed by atoms with Gasteiger partial charge in [0.25, 0.3) is 0 Å². The van der Waals surface area contributed by atoms with Gasteiger partial charge in [0.1, 0.15) is 5.82 Å². The SMILES string of the molecule is CC(C)C1CNC2(CCCC2)CN1c1ccc(F)cc1I. The third-order valence-corrected chi connectivity index (χ3v) is 5.97. The van der Waals surface area contributed by atoms with E-state index in [1.165, 1.54) is 31.4 Å². The molecular weight excluding hydrogens is 378 g/mol. The summed E-state index contributed by atoms with van der Waals surface area (Å²) >= 11 is 2.27. The van der Waals surface area contributed by atoms with E-state index in [2.05, 4.69) is 46.7 Å². The molecule has 1 spiro atoms. The van der Waals surface area contributed by atoms with Crippen molar-refractivity contribution in [1.82, 2.24) is 5.32 Å². The molecule has 1 aromatic carbocycles. The number of nitrogens with zero attached hydrogens (tertiary/aromatic N) is 1. The number of benzene rings is 1. The molecule has 0 amide bonds. The summed E-state index contributed by atoms with van der Waals surface area (Å²) in [6, 6.07) is 5.69. The first-order valence-electron chi connectivity index (χ1n) is 7.97. The van der Waals surface area contributed by atoms with Gasteiger partial charge in [-0.25, -0.2) is 4.39 Å². The van der Waals surface area contributed by atoms with Crippen molar-refractivity contribution in [3.05, 3.63) is 27.6 Å². The van der Waals surface area contributed by atoms with Gasteiger partial charge in [0, 0.05) is 28.2 Å². The maximum atomic E-state index is 13.4. The fourth-order valence-corrected chi connectivity index (χ4v) is 4.68. The zero-order valence-corrected chi connectivity index (χ0v) is 15.0. The van der Waals surface area contributed by atoms with E-state index in [1.54, 1.807) is 12.1 Å². The Balaban J connectivity index is 1.93. The predicted molar refractivity (Wildman–Crippen MR) is 94.3 cm³/mol. The van der Waals surface area contributed by atoms with Crippen molar-refractivity contribution in [3.63, 3.8) is 0 Å². The topological polar surface area (TPSA) is 15.3 Å². The number of piperazine rings is 1. The van der Waals surface area contributed by atoms with Crippen LogP contribution >= 0.6 is 22.6 Å². The molecule has 0 aromatic heterocycles. The Morgan fingerprint density at radius 2 is 2.05 bits per heavy atom. The summed E-state index contributed by atoms with van der Waals surface area (Å²) in [6.07, 6.45) is 5.19. The first kappa shape index (κ1) is 15.5. The van der Waals surface area contributed by atoms with Gasteiger partial charge < -0.3 is 10.2 Å². The summed E-state index contributed by atoms with van der Waals surface area (Å²) in [5.74, 6) is 0.437. The second-order valence-corrected chi connectivity index (χ2v) is 8.07. The van der Waals surface area contributed by atoms with E-state index in [4.69, 9.17) is 0 Å². The quantitative estimate of drug-likeness (QED) is 0.747. The van der Waals surface area contributed by atoms with Gasteiger partial charge in [-0.2, -0.15) is 0 Å². The van der Waals surface area contributed by atoms with Gasteiger partial charge in [-0.1, -0.05) is 26.7 Å². The molecule has 1 saturated carbocycles. The van der Waals surface area contributed by atoms with E-state index < -0.39 is 0 Å². The molecule has 1 N–H and O–H groups in total. The molecular formula is C17H24FIN2. The van der Waals surface area contributed by atoms with Crippen LogP contribution in [-0.4, -0.2) is 24.7 Å². The molecule has 1 unspecified atom stereocenters. The largest absolute Gasteiger partial charge is 0.364 e. The molecule has 1 aliphatic carbocycles. The normalized spacial score (nSPS) is 25.0. The summed E-state index contributed by atoms with van der Waals surface area (Å²) in [5, 5.41) is 3.84. The number of rotatable bonds is 2. The average Bonchev–Trinajstić information content (AvgIpc) is 2.86. The van der Waals surface area contributed by atoms with Crippen molar-refractivity contribution in [3.8, 4) is 0 Å². The molecule has 4 heteroatoms. The van der Waals surface area contributed by atoms with E-state index in [-0.39, 0.29) is 11.4 Å². The number of anilines is 1. The van der Waals surface area contributed by atoms with Crippen LogP contribution in [-0.2, 0) is 0 Å². The Hall–Kier alpha value is -0.360. The summed E-state index contributed by atoms with van der Waals surface area (Å²) in [6.45, 7) is 6.65. The second kappa shape index (κ2) is 6.03. The van der Waals surface area contributed by atoms with Crippen LogP contribution in [0.15, 0.2) is 18.2 Å². The lowest BCUT2D eigenvalue weighted by Crippen LogP contribution is -2.64. The van der Waals surface area contributed by atoms with Gasteiger partial charge in [0.2, 0.25) is 0 Å². The van der Waals surface area contributed by atoms with Gasteiger partial charge in [-0.3, -0.25) is 0 Å². The van der Waals surface area contributed by atoms with E-state index in [1.807, 2.05) is 6.07 Å². The lowest BCUT2D eigenvalue weighted by atomic mass is 9.88. The maximum Gasteiger partial charge on any atom is 0.124 e. The van der Waals surface area contributed by atoms with Crippen molar-refractivity contribution in [2.45, 2.75) is 51.1 Å². The van der Waals surface area contributed by atoms with Gasteiger partial charge in [-0.05, 0) is 59.5 Å². The third kappa shape index (κ3) is 3.07. The Labute approximate surface area is 140 Å². The van der Waals surface area contributed by atoms with Gasteiger partial charge >= 0.3 is 0 Å². The fourth-order valence-electron chi connectivity index (χ4n) is 3.89. The van der Waals surface area contributed by atoms with E-state index in [9.17, 15) is 4.39 Å². The van der Waals surface area contributed by atoms with Crippen molar-refractivity contribution in [2.75, 3.05) is 18.0 Å². The molecule has 2 fully saturated rings. The van der Waals surface area contributed by atoms with Crippen LogP contribution < -0.4 is 10.2 Å². The van der Waals surface area contributed by atoms with E-state index in [0.29, 0.717) is 12.0 Å². The minimum absolute atomic E-state index is 0.144. The molecule has 2 nitrogen and oxygen atoms in total. The third-order valence-electron chi connectivity index (χ3n) is 5.11. The van der Waals surface area contributed by atoms with Crippen LogP contribution in [0.4, 0.5) is 10.1 Å². The number of halogens is 2. The molecule has 0 bridgehead atoms. The van der Waals surface area contributed by atoms with E-state index >= 15 is 0 Å². The van der Waals surface area contributed by atoms with Crippen LogP contribution in [0, 0.1) is 15.3 Å². The highest BCUT2D eigenvalue weighted by Crippen LogP contribution is 2.37. The van der Waals surface area contributed by atoms with Crippen LogP contribution in [0.1, 0.15) is 39.5 Å². The predicted octanol–water partition coefficient (Wildman–Crippen LogP) is 4.18. The maximum absolute atomic E-state index is 13.4. The van der Waals surface area contributed by atoms with Crippen molar-refractivity contribution < 1.29 is 4.39 Å². The molecule has 1 aliphatic heterocycles. The number of hydrogen-bond donors (Lipinski definition) is 1. The molecule has 1 saturated heterocycles. The van der Waals surface area contributed by atoms with Gasteiger partial charge in [0.15, 0.2) is 0 Å². The number of hydrogen-bond acceptors (Lipinski definition) is 2. The number of nitrogens with one attached hydrogen (secondary N) is 1. The Morgan fingerprint density at radius 3 is 2.67 bits per heavy atom. The fraction of sp³-hybridized carbons (Fsp3) is 0.647. The lowest BCUT2D eigenvalue weighted by Gasteiger charge is -2.49. The van der Waals surface area contributed by atoms with Crippen molar-refractivity contribution in [1.29, 1.82) is 0 Å². The zero-order valence-electron chi connectivity index (χ0n) is 12.8. The summed E-state index contributed by atoms with van der Waals surface area (Å²) in [5.41, 5.74) is 1.48.